The van der Waals surface area contributed by atoms with Crippen molar-refractivity contribution in [2.45, 2.75) is 32.2 Å². The van der Waals surface area contributed by atoms with Crippen molar-refractivity contribution >= 4 is 11.9 Å². The topological polar surface area (TPSA) is 92.4 Å². The molecule has 0 aliphatic rings. The van der Waals surface area contributed by atoms with E-state index in [2.05, 4.69) is 19.2 Å². The molecule has 5 nitrogen and oxygen atoms in total. The van der Waals surface area contributed by atoms with E-state index in [1.165, 1.54) is 12.1 Å². The lowest BCUT2D eigenvalue weighted by molar-refractivity contribution is -0.138. The fourth-order valence-corrected chi connectivity index (χ4v) is 3.77. The second kappa shape index (κ2) is 10.9. The van der Waals surface area contributed by atoms with Gasteiger partial charge in [-0.25, -0.2) is 4.39 Å². The zero-order chi connectivity index (χ0) is 24.0. The zero-order valence-electron chi connectivity index (χ0n) is 18.8. The molecule has 0 unspecified atom stereocenters. The number of hydrogen-bond donors (Lipinski definition) is 3. The van der Waals surface area contributed by atoms with E-state index >= 15 is 0 Å². The number of amides is 1. The fraction of sp³-hybridized carbons (Fsp3) is 0.259. The van der Waals surface area contributed by atoms with Crippen LogP contribution in [-0.4, -0.2) is 29.6 Å². The van der Waals surface area contributed by atoms with Crippen LogP contribution in [0.4, 0.5) is 4.39 Å². The van der Waals surface area contributed by atoms with E-state index in [9.17, 15) is 14.0 Å². The van der Waals surface area contributed by atoms with Gasteiger partial charge in [-0.2, -0.15) is 0 Å². The number of carbonyl (C=O) groups excluding carboxylic acids is 1. The van der Waals surface area contributed by atoms with Gasteiger partial charge in [-0.15, -0.1) is 0 Å². The molecule has 3 rings (SSSR count). The van der Waals surface area contributed by atoms with Crippen LogP contribution in [0.15, 0.2) is 72.8 Å². The van der Waals surface area contributed by atoms with Crippen molar-refractivity contribution in [3.63, 3.8) is 0 Å². The van der Waals surface area contributed by atoms with Crippen molar-refractivity contribution in [1.29, 1.82) is 0 Å². The predicted octanol–water partition coefficient (Wildman–Crippen LogP) is 4.62. The molecule has 33 heavy (non-hydrogen) atoms. The standard InChI is InChI=1S/C27H29FN2O3/c1-17(2)24(20-12-10-19(11-13-20)22-4-3-5-23(28)15-22)16-30-26(31)21-8-6-18(7-9-21)14-25(29)27(32)33/h3-13,15,17,24-25H,14,16,29H2,1-2H3,(H,30,31)(H,32,33)/t24-,25-/m1/s1. The molecule has 0 radical (unpaired) electrons. The monoisotopic (exact) mass is 448 g/mol. The Morgan fingerprint density at radius 1 is 0.970 bits per heavy atom. The maximum Gasteiger partial charge on any atom is 0.320 e. The summed E-state index contributed by atoms with van der Waals surface area (Å²) < 4.78 is 13.5. The summed E-state index contributed by atoms with van der Waals surface area (Å²) in [5.41, 5.74) is 9.70. The molecule has 3 aromatic rings. The number of carboxylic acid groups (broad SMARTS) is 1. The Hall–Kier alpha value is -3.51. The SMILES string of the molecule is CC(C)[C@@H](CNC(=O)c1ccc(C[C@@H](N)C(=O)O)cc1)c1ccc(-c2cccc(F)c2)cc1. The van der Waals surface area contributed by atoms with E-state index in [4.69, 9.17) is 10.8 Å². The molecule has 3 aromatic carbocycles. The third kappa shape index (κ3) is 6.49. The number of carbonyl (C=O) groups is 2. The summed E-state index contributed by atoms with van der Waals surface area (Å²) in [5.74, 6) is -1.10. The Balaban J connectivity index is 1.64. The summed E-state index contributed by atoms with van der Waals surface area (Å²) in [7, 11) is 0. The minimum absolute atomic E-state index is 0.114. The summed E-state index contributed by atoms with van der Waals surface area (Å²) in [6.45, 7) is 4.69. The van der Waals surface area contributed by atoms with Crippen LogP contribution in [0.25, 0.3) is 11.1 Å². The van der Waals surface area contributed by atoms with Gasteiger partial charge in [0.15, 0.2) is 0 Å². The quantitative estimate of drug-likeness (QED) is 0.445. The lowest BCUT2D eigenvalue weighted by Gasteiger charge is -2.22. The molecule has 0 aliphatic heterocycles. The van der Waals surface area contributed by atoms with Crippen LogP contribution < -0.4 is 11.1 Å². The predicted molar refractivity (Wildman–Crippen MR) is 128 cm³/mol. The first-order valence-electron chi connectivity index (χ1n) is 11.0. The van der Waals surface area contributed by atoms with Gasteiger partial charge < -0.3 is 16.2 Å². The molecular formula is C27H29FN2O3. The van der Waals surface area contributed by atoms with Gasteiger partial charge in [-0.1, -0.05) is 62.4 Å². The molecule has 0 aliphatic carbocycles. The highest BCUT2D eigenvalue weighted by molar-refractivity contribution is 5.94. The Morgan fingerprint density at radius 3 is 2.21 bits per heavy atom. The van der Waals surface area contributed by atoms with Gasteiger partial charge in [0.25, 0.3) is 5.91 Å². The van der Waals surface area contributed by atoms with Crippen molar-refractivity contribution in [3.8, 4) is 11.1 Å². The van der Waals surface area contributed by atoms with Crippen LogP contribution in [0.3, 0.4) is 0 Å². The molecule has 1 amide bonds. The van der Waals surface area contributed by atoms with Gasteiger partial charge >= 0.3 is 5.97 Å². The largest absolute Gasteiger partial charge is 0.480 e. The van der Waals surface area contributed by atoms with Crippen LogP contribution >= 0.6 is 0 Å². The number of hydrogen-bond acceptors (Lipinski definition) is 3. The van der Waals surface area contributed by atoms with Gasteiger partial charge in [-0.05, 0) is 58.9 Å². The van der Waals surface area contributed by atoms with Crippen molar-refractivity contribution < 1.29 is 19.1 Å². The number of benzene rings is 3. The Bertz CT molecular complexity index is 1100. The Labute approximate surface area is 193 Å². The van der Waals surface area contributed by atoms with Crippen LogP contribution in [0, 0.1) is 11.7 Å². The van der Waals surface area contributed by atoms with Gasteiger partial charge in [-0.3, -0.25) is 9.59 Å². The lowest BCUT2D eigenvalue weighted by atomic mass is 9.87. The van der Waals surface area contributed by atoms with Crippen LogP contribution in [0.2, 0.25) is 0 Å². The van der Waals surface area contributed by atoms with Gasteiger partial charge in [0.2, 0.25) is 0 Å². The minimum Gasteiger partial charge on any atom is -0.480 e. The average molecular weight is 449 g/mol. The molecule has 4 N–H and O–H groups in total. The number of halogens is 1. The van der Waals surface area contributed by atoms with E-state index in [1.54, 1.807) is 30.3 Å². The molecule has 0 fully saturated rings. The molecule has 0 saturated heterocycles. The summed E-state index contributed by atoms with van der Waals surface area (Å²) in [6.07, 6.45) is 0.207. The third-order valence-electron chi connectivity index (χ3n) is 5.77. The molecular weight excluding hydrogens is 419 g/mol. The van der Waals surface area contributed by atoms with Crippen LogP contribution in [0.1, 0.15) is 41.3 Å². The highest BCUT2D eigenvalue weighted by Gasteiger charge is 2.18. The highest BCUT2D eigenvalue weighted by atomic mass is 19.1. The number of aliphatic carboxylic acids is 1. The summed E-state index contributed by atoms with van der Waals surface area (Å²) in [6, 6.07) is 20.3. The average Bonchev–Trinajstić information content (AvgIpc) is 2.79. The molecule has 2 atom stereocenters. The number of carboxylic acids is 1. The van der Waals surface area contributed by atoms with E-state index < -0.39 is 12.0 Å². The van der Waals surface area contributed by atoms with E-state index in [0.717, 1.165) is 22.3 Å². The molecule has 0 bridgehead atoms. The highest BCUT2D eigenvalue weighted by Crippen LogP contribution is 2.27. The number of rotatable bonds is 9. The normalized spacial score (nSPS) is 12.9. The van der Waals surface area contributed by atoms with Crippen LogP contribution in [-0.2, 0) is 11.2 Å². The Kier molecular flexibility index (Phi) is 7.96. The van der Waals surface area contributed by atoms with Gasteiger partial charge in [0.1, 0.15) is 11.9 Å². The van der Waals surface area contributed by atoms with Gasteiger partial charge in [0.05, 0.1) is 0 Å². The number of nitrogens with two attached hydrogens (primary N) is 1. The zero-order valence-corrected chi connectivity index (χ0v) is 18.8. The summed E-state index contributed by atoms with van der Waals surface area (Å²) >= 11 is 0. The smallest absolute Gasteiger partial charge is 0.320 e. The van der Waals surface area contributed by atoms with Crippen molar-refractivity contribution in [3.05, 3.63) is 95.3 Å². The van der Waals surface area contributed by atoms with E-state index in [-0.39, 0.29) is 24.1 Å². The third-order valence-corrected chi connectivity index (χ3v) is 5.77. The second-order valence-electron chi connectivity index (χ2n) is 8.54. The van der Waals surface area contributed by atoms with E-state index in [1.807, 2.05) is 30.3 Å². The second-order valence-corrected chi connectivity index (χ2v) is 8.54. The molecule has 0 saturated carbocycles. The van der Waals surface area contributed by atoms with Crippen molar-refractivity contribution in [2.75, 3.05) is 6.54 Å². The summed E-state index contributed by atoms with van der Waals surface area (Å²) in [4.78, 5) is 23.6. The first-order chi connectivity index (χ1) is 15.7. The molecule has 0 aromatic heterocycles. The first kappa shape index (κ1) is 24.1. The molecule has 0 spiro atoms. The maximum atomic E-state index is 13.5. The first-order valence-corrected chi connectivity index (χ1v) is 11.0. The van der Waals surface area contributed by atoms with Crippen LogP contribution in [0.5, 0.6) is 0 Å². The number of nitrogens with one attached hydrogen (secondary N) is 1. The van der Waals surface area contributed by atoms with E-state index in [0.29, 0.717) is 18.0 Å². The van der Waals surface area contributed by atoms with Crippen molar-refractivity contribution in [2.24, 2.45) is 11.7 Å². The minimum atomic E-state index is -1.06. The lowest BCUT2D eigenvalue weighted by Crippen LogP contribution is -2.32. The fourth-order valence-electron chi connectivity index (χ4n) is 3.77. The summed E-state index contributed by atoms with van der Waals surface area (Å²) in [5, 5.41) is 11.9. The molecule has 6 heteroatoms. The molecule has 172 valence electrons. The van der Waals surface area contributed by atoms with Gasteiger partial charge in [0, 0.05) is 18.0 Å². The molecule has 0 heterocycles. The van der Waals surface area contributed by atoms with Crippen molar-refractivity contribution in [1.82, 2.24) is 5.32 Å². The maximum absolute atomic E-state index is 13.5. The Morgan fingerprint density at radius 2 is 1.64 bits per heavy atom.